The van der Waals surface area contributed by atoms with Gasteiger partial charge in [0.2, 0.25) is 5.69 Å². The number of likely N-dealkylation sites (tertiary alicyclic amines) is 1. The number of aromatic nitrogens is 2. The van der Waals surface area contributed by atoms with Gasteiger partial charge in [-0.15, -0.1) is 0 Å². The van der Waals surface area contributed by atoms with Gasteiger partial charge in [-0.3, -0.25) is 24.8 Å². The smallest absolute Gasteiger partial charge is 0.322 e. The molecule has 0 spiro atoms. The van der Waals surface area contributed by atoms with Crippen molar-refractivity contribution in [2.24, 2.45) is 5.92 Å². The molecule has 9 heteroatoms. The molecule has 1 saturated heterocycles. The largest absolute Gasteiger partial charge is 0.481 e. The fourth-order valence-electron chi connectivity index (χ4n) is 3.10. The Hall–Kier alpha value is -2.45. The number of H-pyrrole nitrogens is 1. The zero-order chi connectivity index (χ0) is 17.7. The van der Waals surface area contributed by atoms with Crippen LogP contribution in [0.3, 0.4) is 0 Å². The van der Waals surface area contributed by atoms with Crippen LogP contribution in [-0.2, 0) is 11.2 Å². The summed E-state index contributed by atoms with van der Waals surface area (Å²) >= 11 is 0. The molecule has 9 nitrogen and oxygen atoms in total. The average molecular weight is 338 g/mol. The number of hydrogen-bond acceptors (Lipinski definition) is 5. The number of aliphatic carboxylic acids is 1. The van der Waals surface area contributed by atoms with Crippen molar-refractivity contribution >= 4 is 17.6 Å². The minimum atomic E-state index is -0.856. The molecular weight excluding hydrogens is 316 g/mol. The van der Waals surface area contributed by atoms with Gasteiger partial charge in [-0.25, -0.2) is 0 Å². The van der Waals surface area contributed by atoms with Crippen LogP contribution in [0.15, 0.2) is 0 Å². The second-order valence-corrected chi connectivity index (χ2v) is 6.10. The van der Waals surface area contributed by atoms with Gasteiger partial charge in [-0.2, -0.15) is 5.10 Å². The van der Waals surface area contributed by atoms with Crippen LogP contribution in [0.2, 0.25) is 0 Å². The first-order chi connectivity index (χ1) is 11.4. The summed E-state index contributed by atoms with van der Waals surface area (Å²) in [5.74, 6) is -1.21. The van der Waals surface area contributed by atoms with E-state index in [4.69, 9.17) is 5.11 Å². The summed E-state index contributed by atoms with van der Waals surface area (Å²) in [7, 11) is 0. The molecule has 132 valence electrons. The number of nitrogens with one attached hydrogen (secondary N) is 1. The van der Waals surface area contributed by atoms with Crippen molar-refractivity contribution in [3.63, 3.8) is 0 Å². The lowest BCUT2D eigenvalue weighted by Crippen LogP contribution is -2.40. The van der Waals surface area contributed by atoms with Crippen LogP contribution in [0.25, 0.3) is 0 Å². The maximum Gasteiger partial charge on any atom is 0.322 e. The molecule has 0 aliphatic carbocycles. The SMILES string of the molecule is CCCc1[nH]nc(C(=O)N2CCCC(CCC(=O)O)C2)c1[N+](=O)[O-]. The van der Waals surface area contributed by atoms with Crippen molar-refractivity contribution in [1.82, 2.24) is 15.1 Å². The van der Waals surface area contributed by atoms with Crippen molar-refractivity contribution in [3.05, 3.63) is 21.5 Å². The molecule has 1 aromatic rings. The topological polar surface area (TPSA) is 129 Å². The van der Waals surface area contributed by atoms with Gasteiger partial charge in [0.15, 0.2) is 0 Å². The van der Waals surface area contributed by atoms with Gasteiger partial charge in [-0.1, -0.05) is 13.3 Å². The normalized spacial score (nSPS) is 17.7. The van der Waals surface area contributed by atoms with Crippen molar-refractivity contribution in [3.8, 4) is 0 Å². The van der Waals surface area contributed by atoms with E-state index in [1.807, 2.05) is 6.92 Å². The summed E-state index contributed by atoms with van der Waals surface area (Å²) in [5.41, 5.74) is -0.0258. The molecule has 1 aliphatic rings. The highest BCUT2D eigenvalue weighted by molar-refractivity contribution is 5.96. The highest BCUT2D eigenvalue weighted by atomic mass is 16.6. The van der Waals surface area contributed by atoms with Gasteiger partial charge >= 0.3 is 11.7 Å². The van der Waals surface area contributed by atoms with Gasteiger partial charge in [-0.05, 0) is 31.6 Å². The zero-order valence-electron chi connectivity index (χ0n) is 13.7. The summed E-state index contributed by atoms with van der Waals surface area (Å²) < 4.78 is 0. The molecule has 1 aliphatic heterocycles. The third kappa shape index (κ3) is 4.09. The minimum absolute atomic E-state index is 0.0654. The third-order valence-corrected chi connectivity index (χ3v) is 4.27. The Morgan fingerprint density at radius 3 is 2.88 bits per heavy atom. The number of aryl methyl sites for hydroxylation is 1. The Kier molecular flexibility index (Phi) is 5.88. The molecule has 2 N–H and O–H groups in total. The predicted molar refractivity (Wildman–Crippen MR) is 84.7 cm³/mol. The summed E-state index contributed by atoms with van der Waals surface area (Å²) in [5, 5.41) is 26.6. The molecule has 0 bridgehead atoms. The van der Waals surface area contributed by atoms with E-state index in [1.54, 1.807) is 4.90 Å². The molecular formula is C15H22N4O5. The van der Waals surface area contributed by atoms with E-state index in [2.05, 4.69) is 10.2 Å². The first kappa shape index (κ1) is 17.9. The number of rotatable bonds is 7. The van der Waals surface area contributed by atoms with Gasteiger partial charge in [0.25, 0.3) is 5.91 Å². The van der Waals surface area contributed by atoms with Crippen LogP contribution in [-0.4, -0.2) is 50.1 Å². The van der Waals surface area contributed by atoms with Crippen LogP contribution >= 0.6 is 0 Å². The van der Waals surface area contributed by atoms with E-state index >= 15 is 0 Å². The van der Waals surface area contributed by atoms with Crippen LogP contribution in [0.1, 0.15) is 55.2 Å². The summed E-state index contributed by atoms with van der Waals surface area (Å²) in [6.45, 7) is 2.82. The molecule has 1 fully saturated rings. The lowest BCUT2D eigenvalue weighted by Gasteiger charge is -2.32. The molecule has 0 saturated carbocycles. The second-order valence-electron chi connectivity index (χ2n) is 6.10. The fraction of sp³-hybridized carbons (Fsp3) is 0.667. The van der Waals surface area contributed by atoms with Gasteiger partial charge in [0, 0.05) is 19.5 Å². The molecule has 2 rings (SSSR count). The van der Waals surface area contributed by atoms with Crippen LogP contribution in [0, 0.1) is 16.0 Å². The molecule has 1 amide bonds. The van der Waals surface area contributed by atoms with Gasteiger partial charge in [0.05, 0.1) is 4.92 Å². The standard InChI is InChI=1S/C15H22N4O5/c1-2-4-11-14(19(23)24)13(17-16-11)15(22)18-8-3-5-10(9-18)6-7-12(20)21/h10H,2-9H2,1H3,(H,16,17)(H,20,21). The minimum Gasteiger partial charge on any atom is -0.481 e. The number of piperidine rings is 1. The Balaban J connectivity index is 2.13. The van der Waals surface area contributed by atoms with Crippen LogP contribution in [0.4, 0.5) is 5.69 Å². The first-order valence-corrected chi connectivity index (χ1v) is 8.16. The number of aromatic amines is 1. The third-order valence-electron chi connectivity index (χ3n) is 4.27. The predicted octanol–water partition coefficient (Wildman–Crippen LogP) is 1.99. The van der Waals surface area contributed by atoms with Crippen molar-refractivity contribution in [2.75, 3.05) is 13.1 Å². The van der Waals surface area contributed by atoms with Gasteiger partial charge < -0.3 is 10.0 Å². The molecule has 1 aromatic heterocycles. The zero-order valence-corrected chi connectivity index (χ0v) is 13.7. The van der Waals surface area contributed by atoms with Crippen LogP contribution in [0.5, 0.6) is 0 Å². The van der Waals surface area contributed by atoms with Crippen LogP contribution < -0.4 is 0 Å². The summed E-state index contributed by atoms with van der Waals surface area (Å²) in [4.78, 5) is 35.6. The molecule has 0 aromatic carbocycles. The maximum atomic E-state index is 12.6. The second kappa shape index (κ2) is 7.89. The van der Waals surface area contributed by atoms with E-state index in [-0.39, 0.29) is 23.7 Å². The maximum absolute atomic E-state index is 12.6. The summed E-state index contributed by atoms with van der Waals surface area (Å²) in [6, 6.07) is 0. The van der Waals surface area contributed by atoms with Crippen molar-refractivity contribution in [2.45, 2.75) is 45.4 Å². The lowest BCUT2D eigenvalue weighted by molar-refractivity contribution is -0.385. The number of hydrogen-bond donors (Lipinski definition) is 2. The van der Waals surface area contributed by atoms with E-state index in [9.17, 15) is 19.7 Å². The Morgan fingerprint density at radius 2 is 2.25 bits per heavy atom. The molecule has 1 unspecified atom stereocenters. The number of nitro groups is 1. The van der Waals surface area contributed by atoms with Gasteiger partial charge in [0.1, 0.15) is 5.69 Å². The number of nitrogens with zero attached hydrogens (tertiary/aromatic N) is 3. The number of carbonyl (C=O) groups is 2. The highest BCUT2D eigenvalue weighted by Crippen LogP contribution is 2.27. The number of carboxylic acids is 1. The molecule has 2 heterocycles. The Labute approximate surface area is 139 Å². The quantitative estimate of drug-likeness (QED) is 0.577. The molecule has 24 heavy (non-hydrogen) atoms. The van der Waals surface area contributed by atoms with Crippen molar-refractivity contribution < 1.29 is 19.6 Å². The van der Waals surface area contributed by atoms with E-state index in [0.29, 0.717) is 38.0 Å². The number of carboxylic acid groups (broad SMARTS) is 1. The first-order valence-electron chi connectivity index (χ1n) is 8.16. The molecule has 1 atom stereocenters. The molecule has 0 radical (unpaired) electrons. The number of carbonyl (C=O) groups excluding carboxylic acids is 1. The number of amides is 1. The Morgan fingerprint density at radius 1 is 1.50 bits per heavy atom. The van der Waals surface area contributed by atoms with Crippen molar-refractivity contribution in [1.29, 1.82) is 0 Å². The van der Waals surface area contributed by atoms with E-state index in [0.717, 1.165) is 12.8 Å². The van der Waals surface area contributed by atoms with E-state index < -0.39 is 16.8 Å². The fourth-order valence-corrected chi connectivity index (χ4v) is 3.10. The average Bonchev–Trinajstić information content (AvgIpc) is 2.97. The highest BCUT2D eigenvalue weighted by Gasteiger charge is 2.33. The lowest BCUT2D eigenvalue weighted by atomic mass is 9.93. The Bertz CT molecular complexity index is 627. The monoisotopic (exact) mass is 338 g/mol. The van der Waals surface area contributed by atoms with E-state index in [1.165, 1.54) is 0 Å². The summed E-state index contributed by atoms with van der Waals surface area (Å²) in [6.07, 6.45) is 3.35.